The molecule has 0 atom stereocenters. The van der Waals surface area contributed by atoms with Gasteiger partial charge in [-0.1, -0.05) is 11.6 Å². The first-order valence-electron chi connectivity index (χ1n) is 6.01. The predicted octanol–water partition coefficient (Wildman–Crippen LogP) is 4.77. The van der Waals surface area contributed by atoms with Gasteiger partial charge in [0, 0.05) is 22.9 Å². The summed E-state index contributed by atoms with van der Waals surface area (Å²) in [4.78, 5) is 4.00. The Morgan fingerprint density at radius 1 is 1.20 bits per heavy atom. The van der Waals surface area contributed by atoms with Gasteiger partial charge in [0.05, 0.1) is 12.3 Å². The van der Waals surface area contributed by atoms with Gasteiger partial charge in [-0.05, 0) is 37.3 Å². The molecule has 0 aliphatic heterocycles. The lowest BCUT2D eigenvalue weighted by atomic mass is 10.2. The first-order chi connectivity index (χ1) is 9.60. The Morgan fingerprint density at radius 2 is 2.00 bits per heavy atom. The zero-order valence-corrected chi connectivity index (χ0v) is 11.5. The lowest BCUT2D eigenvalue weighted by molar-refractivity contribution is 0.340. The van der Waals surface area contributed by atoms with Gasteiger partial charge in [0.15, 0.2) is 5.82 Å². The summed E-state index contributed by atoms with van der Waals surface area (Å²) in [6, 6.07) is 8.28. The molecule has 0 aliphatic carbocycles. The van der Waals surface area contributed by atoms with Crippen LogP contribution >= 0.6 is 11.6 Å². The summed E-state index contributed by atoms with van der Waals surface area (Å²) in [5, 5.41) is 0.523. The van der Waals surface area contributed by atoms with E-state index in [-0.39, 0.29) is 5.69 Å². The number of rotatable bonds is 4. The SMILES string of the molecule is CCOc1ccc(Cl)cc1C=Nc1ccc(F)cc1F. The summed E-state index contributed by atoms with van der Waals surface area (Å²) in [6.07, 6.45) is 1.44. The van der Waals surface area contributed by atoms with Crippen molar-refractivity contribution in [3.8, 4) is 5.75 Å². The van der Waals surface area contributed by atoms with E-state index in [2.05, 4.69) is 4.99 Å². The molecule has 0 bridgehead atoms. The fourth-order valence-electron chi connectivity index (χ4n) is 1.63. The van der Waals surface area contributed by atoms with Crippen LogP contribution in [0.25, 0.3) is 0 Å². The summed E-state index contributed by atoms with van der Waals surface area (Å²) < 4.78 is 31.7. The average Bonchev–Trinajstić information content (AvgIpc) is 2.41. The van der Waals surface area contributed by atoms with E-state index in [9.17, 15) is 8.78 Å². The highest BCUT2D eigenvalue weighted by Crippen LogP contribution is 2.23. The first kappa shape index (κ1) is 14.5. The second-order valence-electron chi connectivity index (χ2n) is 3.97. The largest absolute Gasteiger partial charge is 0.493 e. The Hall–Kier alpha value is -1.94. The van der Waals surface area contributed by atoms with Gasteiger partial charge in [0.2, 0.25) is 0 Å². The lowest BCUT2D eigenvalue weighted by Gasteiger charge is -2.07. The van der Waals surface area contributed by atoms with Gasteiger partial charge in [0.25, 0.3) is 0 Å². The van der Waals surface area contributed by atoms with Crippen molar-refractivity contribution in [1.82, 2.24) is 0 Å². The molecule has 0 fully saturated rings. The van der Waals surface area contributed by atoms with Crippen LogP contribution in [-0.2, 0) is 0 Å². The maximum absolute atomic E-state index is 13.5. The van der Waals surface area contributed by atoms with Gasteiger partial charge in [-0.3, -0.25) is 4.99 Å². The van der Waals surface area contributed by atoms with E-state index in [4.69, 9.17) is 16.3 Å². The highest BCUT2D eigenvalue weighted by atomic mass is 35.5. The third-order valence-electron chi connectivity index (χ3n) is 2.52. The van der Waals surface area contributed by atoms with Crippen LogP contribution in [0.15, 0.2) is 41.4 Å². The number of hydrogen-bond donors (Lipinski definition) is 0. The van der Waals surface area contributed by atoms with E-state index >= 15 is 0 Å². The number of hydrogen-bond acceptors (Lipinski definition) is 2. The van der Waals surface area contributed by atoms with Crippen LogP contribution < -0.4 is 4.74 Å². The van der Waals surface area contributed by atoms with Crippen LogP contribution in [-0.4, -0.2) is 12.8 Å². The molecular formula is C15H12ClF2NO. The first-order valence-corrected chi connectivity index (χ1v) is 6.39. The summed E-state index contributed by atoms with van der Waals surface area (Å²) in [5.41, 5.74) is 0.678. The quantitative estimate of drug-likeness (QED) is 0.745. The molecule has 0 unspecified atom stereocenters. The lowest BCUT2D eigenvalue weighted by Crippen LogP contribution is -1.96. The van der Waals surface area contributed by atoms with E-state index in [1.54, 1.807) is 18.2 Å². The minimum atomic E-state index is -0.721. The maximum Gasteiger partial charge on any atom is 0.151 e. The fraction of sp³-hybridized carbons (Fsp3) is 0.133. The predicted molar refractivity (Wildman–Crippen MR) is 76.2 cm³/mol. The Bertz CT molecular complexity index is 644. The molecule has 0 spiro atoms. The molecule has 0 amide bonds. The minimum absolute atomic E-state index is 0.0498. The van der Waals surface area contributed by atoms with E-state index < -0.39 is 11.6 Å². The molecule has 2 rings (SSSR count). The monoisotopic (exact) mass is 295 g/mol. The van der Waals surface area contributed by atoms with Gasteiger partial charge < -0.3 is 4.74 Å². The standard InChI is InChI=1S/C15H12ClF2NO/c1-2-20-15-6-3-11(16)7-10(15)9-19-14-5-4-12(17)8-13(14)18/h3-9H,2H2,1H3. The van der Waals surface area contributed by atoms with E-state index in [0.717, 1.165) is 12.1 Å². The molecule has 2 aromatic carbocycles. The van der Waals surface area contributed by atoms with Gasteiger partial charge >= 0.3 is 0 Å². The smallest absolute Gasteiger partial charge is 0.151 e. The number of nitrogens with zero attached hydrogens (tertiary/aromatic N) is 1. The van der Waals surface area contributed by atoms with Crippen LogP contribution in [0.2, 0.25) is 5.02 Å². The van der Waals surface area contributed by atoms with Gasteiger partial charge in [-0.15, -0.1) is 0 Å². The molecule has 0 aromatic heterocycles. The molecule has 0 N–H and O–H groups in total. The van der Waals surface area contributed by atoms with Crippen molar-refractivity contribution < 1.29 is 13.5 Å². The van der Waals surface area contributed by atoms with Crippen LogP contribution in [0.4, 0.5) is 14.5 Å². The van der Waals surface area contributed by atoms with E-state index in [0.29, 0.717) is 22.9 Å². The van der Waals surface area contributed by atoms with Crippen LogP contribution in [0.5, 0.6) is 5.75 Å². The molecule has 2 aromatic rings. The Kier molecular flexibility index (Phi) is 4.69. The highest BCUT2D eigenvalue weighted by Gasteiger charge is 2.04. The second kappa shape index (κ2) is 6.48. The van der Waals surface area contributed by atoms with Crippen molar-refractivity contribution in [2.45, 2.75) is 6.92 Å². The second-order valence-corrected chi connectivity index (χ2v) is 4.41. The zero-order chi connectivity index (χ0) is 14.5. The van der Waals surface area contributed by atoms with Crippen molar-refractivity contribution in [2.75, 3.05) is 6.61 Å². The topological polar surface area (TPSA) is 21.6 Å². The molecular weight excluding hydrogens is 284 g/mol. The molecule has 0 aliphatic rings. The third-order valence-corrected chi connectivity index (χ3v) is 2.76. The van der Waals surface area contributed by atoms with Crippen molar-refractivity contribution >= 4 is 23.5 Å². The van der Waals surface area contributed by atoms with Crippen LogP contribution in [0, 0.1) is 11.6 Å². The van der Waals surface area contributed by atoms with Gasteiger partial charge in [-0.2, -0.15) is 0 Å². The van der Waals surface area contributed by atoms with Crippen molar-refractivity contribution in [1.29, 1.82) is 0 Å². The minimum Gasteiger partial charge on any atom is -0.493 e. The van der Waals surface area contributed by atoms with Gasteiger partial charge in [0.1, 0.15) is 11.6 Å². The molecule has 0 saturated carbocycles. The summed E-state index contributed by atoms with van der Waals surface area (Å²) in [7, 11) is 0. The third kappa shape index (κ3) is 3.54. The number of aliphatic imine (C=N–C) groups is 1. The normalized spacial score (nSPS) is 11.0. The molecule has 2 nitrogen and oxygen atoms in total. The number of benzene rings is 2. The average molecular weight is 296 g/mol. The van der Waals surface area contributed by atoms with E-state index in [1.807, 2.05) is 6.92 Å². The number of halogens is 3. The summed E-state index contributed by atoms with van der Waals surface area (Å²) in [5.74, 6) is -0.761. The van der Waals surface area contributed by atoms with Gasteiger partial charge in [-0.25, -0.2) is 8.78 Å². The Labute approximate surface area is 120 Å². The fourth-order valence-corrected chi connectivity index (χ4v) is 1.81. The molecule has 5 heteroatoms. The Morgan fingerprint density at radius 3 is 2.70 bits per heavy atom. The molecule has 0 saturated heterocycles. The molecule has 0 radical (unpaired) electrons. The van der Waals surface area contributed by atoms with Crippen molar-refractivity contribution in [2.24, 2.45) is 4.99 Å². The summed E-state index contributed by atoms with van der Waals surface area (Å²) in [6.45, 7) is 2.35. The maximum atomic E-state index is 13.5. The molecule has 20 heavy (non-hydrogen) atoms. The van der Waals surface area contributed by atoms with Crippen LogP contribution in [0.3, 0.4) is 0 Å². The van der Waals surface area contributed by atoms with Crippen molar-refractivity contribution in [3.63, 3.8) is 0 Å². The highest BCUT2D eigenvalue weighted by molar-refractivity contribution is 6.30. The number of ether oxygens (including phenoxy) is 1. The zero-order valence-electron chi connectivity index (χ0n) is 10.7. The molecule has 104 valence electrons. The Balaban J connectivity index is 2.32. The summed E-state index contributed by atoms with van der Waals surface area (Å²) >= 11 is 5.91. The molecule has 0 heterocycles. The van der Waals surface area contributed by atoms with E-state index in [1.165, 1.54) is 12.3 Å². The van der Waals surface area contributed by atoms with Crippen LogP contribution in [0.1, 0.15) is 12.5 Å². The van der Waals surface area contributed by atoms with Crippen molar-refractivity contribution in [3.05, 3.63) is 58.6 Å².